The van der Waals surface area contributed by atoms with Gasteiger partial charge in [-0.05, 0) is 18.6 Å². The van der Waals surface area contributed by atoms with Crippen molar-refractivity contribution in [2.75, 3.05) is 6.61 Å². The summed E-state index contributed by atoms with van der Waals surface area (Å²) in [7, 11) is 0. The van der Waals surface area contributed by atoms with Crippen LogP contribution in [0.1, 0.15) is 36.5 Å². The van der Waals surface area contributed by atoms with E-state index in [2.05, 4.69) is 6.92 Å². The molecule has 0 bridgehead atoms. The van der Waals surface area contributed by atoms with Crippen LogP contribution in [0.2, 0.25) is 0 Å². The summed E-state index contributed by atoms with van der Waals surface area (Å²) >= 11 is 0. The Labute approximate surface area is 97.0 Å². The van der Waals surface area contributed by atoms with E-state index in [0.717, 1.165) is 19.3 Å². The summed E-state index contributed by atoms with van der Waals surface area (Å²) in [5.74, 6) is -0.221. The van der Waals surface area contributed by atoms with Gasteiger partial charge in [-0.15, -0.1) is 12.4 Å². The summed E-state index contributed by atoms with van der Waals surface area (Å²) in [6.45, 7) is 2.65. The zero-order valence-corrected chi connectivity index (χ0v) is 9.76. The first-order valence-electron chi connectivity index (χ1n) is 5.06. The van der Waals surface area contributed by atoms with Crippen molar-refractivity contribution in [3.8, 4) is 0 Å². The Bertz CT molecular complexity index is 272. The fourth-order valence-corrected chi connectivity index (χ4v) is 1.17. The maximum atomic E-state index is 11.4. The van der Waals surface area contributed by atoms with Gasteiger partial charge in [0.25, 0.3) is 0 Å². The van der Waals surface area contributed by atoms with Gasteiger partial charge in [0, 0.05) is 0 Å². The Kier molecular flexibility index (Phi) is 7.74. The average molecular weight is 229 g/mol. The van der Waals surface area contributed by atoms with E-state index >= 15 is 0 Å². The van der Waals surface area contributed by atoms with Crippen LogP contribution in [0.5, 0.6) is 0 Å². The molecule has 0 amide bonds. The molecular weight excluding hydrogens is 212 g/mol. The van der Waals surface area contributed by atoms with Gasteiger partial charge in [-0.3, -0.25) is 0 Å². The van der Waals surface area contributed by atoms with E-state index in [9.17, 15) is 4.79 Å². The van der Waals surface area contributed by atoms with Gasteiger partial charge in [0.2, 0.25) is 0 Å². The molecule has 0 aliphatic carbocycles. The smallest absolute Gasteiger partial charge is 0.338 e. The van der Waals surface area contributed by atoms with Crippen LogP contribution < -0.4 is 0 Å². The molecule has 1 aromatic rings. The number of esters is 1. The summed E-state index contributed by atoms with van der Waals surface area (Å²) in [6, 6.07) is 9.09. The zero-order chi connectivity index (χ0) is 10.2. The fourth-order valence-electron chi connectivity index (χ4n) is 1.17. The standard InChI is InChI=1S/C12H16O2.ClH/c1-2-3-7-10-14-12(13)11-8-5-4-6-9-11;/h4-6,8-9H,2-3,7,10H2,1H3;1H. The summed E-state index contributed by atoms with van der Waals surface area (Å²) in [6.07, 6.45) is 3.21. The van der Waals surface area contributed by atoms with E-state index in [0.29, 0.717) is 12.2 Å². The molecule has 0 saturated heterocycles. The number of ether oxygens (including phenoxy) is 1. The molecule has 0 atom stereocenters. The van der Waals surface area contributed by atoms with Crippen LogP contribution in [0.4, 0.5) is 0 Å². The first-order valence-corrected chi connectivity index (χ1v) is 5.06. The normalized spacial score (nSPS) is 9.13. The SMILES string of the molecule is CCCCCOC(=O)c1ccccc1.Cl. The molecule has 84 valence electrons. The van der Waals surface area contributed by atoms with Crippen molar-refractivity contribution >= 4 is 18.4 Å². The molecule has 0 N–H and O–H groups in total. The number of carbonyl (C=O) groups excluding carboxylic acids is 1. The molecule has 2 nitrogen and oxygen atoms in total. The Morgan fingerprint density at radius 1 is 1.20 bits per heavy atom. The Morgan fingerprint density at radius 3 is 2.47 bits per heavy atom. The molecule has 0 aromatic heterocycles. The highest BCUT2D eigenvalue weighted by Gasteiger charge is 2.04. The van der Waals surface area contributed by atoms with Crippen LogP contribution in [0, 0.1) is 0 Å². The number of benzene rings is 1. The number of carbonyl (C=O) groups is 1. The lowest BCUT2D eigenvalue weighted by Gasteiger charge is -2.03. The van der Waals surface area contributed by atoms with Crippen LogP contribution in [0.25, 0.3) is 0 Å². The lowest BCUT2D eigenvalue weighted by molar-refractivity contribution is 0.0498. The molecule has 0 heterocycles. The van der Waals surface area contributed by atoms with Crippen molar-refractivity contribution in [2.45, 2.75) is 26.2 Å². The highest BCUT2D eigenvalue weighted by molar-refractivity contribution is 5.89. The number of rotatable bonds is 5. The minimum Gasteiger partial charge on any atom is -0.462 e. The molecule has 0 spiro atoms. The van der Waals surface area contributed by atoms with Gasteiger partial charge >= 0.3 is 5.97 Å². The number of halogens is 1. The quantitative estimate of drug-likeness (QED) is 0.570. The second-order valence-electron chi connectivity index (χ2n) is 3.21. The van der Waals surface area contributed by atoms with E-state index in [1.807, 2.05) is 18.2 Å². The monoisotopic (exact) mass is 228 g/mol. The maximum Gasteiger partial charge on any atom is 0.338 e. The van der Waals surface area contributed by atoms with Crippen molar-refractivity contribution in [3.63, 3.8) is 0 Å². The van der Waals surface area contributed by atoms with Gasteiger partial charge in [0.05, 0.1) is 12.2 Å². The minimum absolute atomic E-state index is 0. The van der Waals surface area contributed by atoms with Gasteiger partial charge < -0.3 is 4.74 Å². The van der Waals surface area contributed by atoms with Crippen LogP contribution in [-0.4, -0.2) is 12.6 Å². The van der Waals surface area contributed by atoms with E-state index in [1.54, 1.807) is 12.1 Å². The van der Waals surface area contributed by atoms with E-state index in [-0.39, 0.29) is 18.4 Å². The van der Waals surface area contributed by atoms with Gasteiger partial charge in [-0.25, -0.2) is 4.79 Å². The number of unbranched alkanes of at least 4 members (excludes halogenated alkanes) is 2. The average Bonchev–Trinajstić information content (AvgIpc) is 2.25. The van der Waals surface area contributed by atoms with Crippen molar-refractivity contribution in [1.29, 1.82) is 0 Å². The number of hydrogen-bond donors (Lipinski definition) is 0. The zero-order valence-electron chi connectivity index (χ0n) is 8.94. The molecular formula is C12H17ClO2. The third kappa shape index (κ3) is 5.43. The molecule has 0 aliphatic rings. The van der Waals surface area contributed by atoms with Crippen LogP contribution in [0.3, 0.4) is 0 Å². The molecule has 0 radical (unpaired) electrons. The largest absolute Gasteiger partial charge is 0.462 e. The topological polar surface area (TPSA) is 26.3 Å². The molecule has 15 heavy (non-hydrogen) atoms. The van der Waals surface area contributed by atoms with Crippen molar-refractivity contribution in [3.05, 3.63) is 35.9 Å². The van der Waals surface area contributed by atoms with Gasteiger partial charge in [0.1, 0.15) is 0 Å². The van der Waals surface area contributed by atoms with E-state index in [1.165, 1.54) is 0 Å². The third-order valence-electron chi connectivity index (χ3n) is 1.99. The lowest BCUT2D eigenvalue weighted by Crippen LogP contribution is -2.05. The predicted molar refractivity (Wildman–Crippen MR) is 63.5 cm³/mol. The van der Waals surface area contributed by atoms with Crippen molar-refractivity contribution < 1.29 is 9.53 Å². The van der Waals surface area contributed by atoms with Crippen LogP contribution >= 0.6 is 12.4 Å². The minimum atomic E-state index is -0.221. The fraction of sp³-hybridized carbons (Fsp3) is 0.417. The Balaban J connectivity index is 0.00000196. The summed E-state index contributed by atoms with van der Waals surface area (Å²) in [5.41, 5.74) is 0.629. The van der Waals surface area contributed by atoms with Gasteiger partial charge in [-0.2, -0.15) is 0 Å². The molecule has 0 fully saturated rings. The van der Waals surface area contributed by atoms with Gasteiger partial charge in [-0.1, -0.05) is 38.0 Å². The number of hydrogen-bond acceptors (Lipinski definition) is 2. The van der Waals surface area contributed by atoms with Crippen LogP contribution in [0.15, 0.2) is 30.3 Å². The molecule has 1 aromatic carbocycles. The highest BCUT2D eigenvalue weighted by atomic mass is 35.5. The predicted octanol–water partition coefficient (Wildman–Crippen LogP) is 3.46. The van der Waals surface area contributed by atoms with Crippen molar-refractivity contribution in [2.24, 2.45) is 0 Å². The lowest BCUT2D eigenvalue weighted by atomic mass is 10.2. The second-order valence-corrected chi connectivity index (χ2v) is 3.21. The summed E-state index contributed by atoms with van der Waals surface area (Å²) in [5, 5.41) is 0. The molecule has 0 saturated carbocycles. The van der Waals surface area contributed by atoms with E-state index < -0.39 is 0 Å². The van der Waals surface area contributed by atoms with Crippen LogP contribution in [-0.2, 0) is 4.74 Å². The van der Waals surface area contributed by atoms with E-state index in [4.69, 9.17) is 4.74 Å². The van der Waals surface area contributed by atoms with Crippen molar-refractivity contribution in [1.82, 2.24) is 0 Å². The molecule has 0 aliphatic heterocycles. The Hall–Kier alpha value is -1.02. The third-order valence-corrected chi connectivity index (χ3v) is 1.99. The van der Waals surface area contributed by atoms with Gasteiger partial charge in [0.15, 0.2) is 0 Å². The molecule has 1 rings (SSSR count). The first-order chi connectivity index (χ1) is 6.84. The summed E-state index contributed by atoms with van der Waals surface area (Å²) < 4.78 is 5.09. The Morgan fingerprint density at radius 2 is 1.87 bits per heavy atom. The molecule has 3 heteroatoms. The highest BCUT2D eigenvalue weighted by Crippen LogP contribution is 2.02. The maximum absolute atomic E-state index is 11.4. The second kappa shape index (κ2) is 8.30. The summed E-state index contributed by atoms with van der Waals surface area (Å²) in [4.78, 5) is 11.4. The molecule has 0 unspecified atom stereocenters. The first kappa shape index (κ1) is 14.0.